The molecule has 3 aliphatic rings. The Morgan fingerprint density at radius 2 is 1.74 bits per heavy atom. The fourth-order valence-electron chi connectivity index (χ4n) is 5.19. The third-order valence-corrected chi connectivity index (χ3v) is 9.73. The summed E-state index contributed by atoms with van der Waals surface area (Å²) in [5.41, 5.74) is 0.865. The summed E-state index contributed by atoms with van der Waals surface area (Å²) in [5, 5.41) is -0.0452. The van der Waals surface area contributed by atoms with Crippen LogP contribution in [-0.2, 0) is 38.7 Å². The number of nitrogens with zero attached hydrogens (tertiary/aromatic N) is 1. The summed E-state index contributed by atoms with van der Waals surface area (Å²) in [7, 11) is -4.27. The number of rotatable bonds is 9. The monoisotopic (exact) mass is 507 g/mol. The van der Waals surface area contributed by atoms with E-state index in [2.05, 4.69) is 6.58 Å². The van der Waals surface area contributed by atoms with Gasteiger partial charge in [0.05, 0.1) is 22.5 Å². The van der Waals surface area contributed by atoms with E-state index in [1.54, 1.807) is 12.1 Å². The van der Waals surface area contributed by atoms with Crippen LogP contribution in [0.25, 0.3) is 0 Å². The zero-order valence-electron chi connectivity index (χ0n) is 18.5. The number of imide groups is 1. The van der Waals surface area contributed by atoms with Crippen molar-refractivity contribution in [3.8, 4) is 0 Å². The normalized spacial score (nSPS) is 27.6. The highest BCUT2D eigenvalue weighted by Gasteiger charge is 2.66. The molecule has 182 valence electrons. The number of amides is 2. The van der Waals surface area contributed by atoms with Crippen molar-refractivity contribution >= 4 is 45.5 Å². The Hall–Kier alpha value is -2.66. The number of aryl methyl sites for hydroxylation is 1. The molecule has 9 nitrogen and oxygen atoms in total. The zero-order valence-corrected chi connectivity index (χ0v) is 20.2. The average Bonchev–Trinajstić information content (AvgIpc) is 3.46. The third kappa shape index (κ3) is 4.38. The molecular weight excluding hydrogens is 482 g/mol. The Morgan fingerprint density at radius 1 is 1.09 bits per heavy atom. The number of carbonyl (C=O) groups excluding carboxylic acids is 4. The van der Waals surface area contributed by atoms with Crippen molar-refractivity contribution in [2.75, 3.05) is 19.0 Å². The fraction of sp³-hybridized carbons (Fsp3) is 0.478. The number of thioether (sulfide) groups is 1. The molecule has 0 aromatic heterocycles. The van der Waals surface area contributed by atoms with E-state index in [0.29, 0.717) is 17.1 Å². The van der Waals surface area contributed by atoms with Gasteiger partial charge in [0.2, 0.25) is 11.8 Å². The number of esters is 2. The maximum Gasteiger partial charge on any atom is 0.330 e. The van der Waals surface area contributed by atoms with Gasteiger partial charge in [0.15, 0.2) is 0 Å². The smallest absolute Gasteiger partial charge is 0.330 e. The van der Waals surface area contributed by atoms with Gasteiger partial charge in [0, 0.05) is 11.3 Å². The van der Waals surface area contributed by atoms with Gasteiger partial charge in [-0.3, -0.25) is 14.4 Å². The molecule has 1 heterocycles. The van der Waals surface area contributed by atoms with Gasteiger partial charge < -0.3 is 9.47 Å². The molecule has 0 N–H and O–H groups in total. The molecule has 0 spiro atoms. The zero-order chi connectivity index (χ0) is 24.6. The number of sulfonamides is 1. The lowest BCUT2D eigenvalue weighted by Gasteiger charge is -2.27. The number of hydrogen-bond donors (Lipinski definition) is 0. The van der Waals surface area contributed by atoms with Gasteiger partial charge in [-0.05, 0) is 43.7 Å². The van der Waals surface area contributed by atoms with Gasteiger partial charge in [-0.15, -0.1) is 11.8 Å². The van der Waals surface area contributed by atoms with E-state index in [0.717, 1.165) is 11.6 Å². The molecule has 34 heavy (non-hydrogen) atoms. The first-order valence-corrected chi connectivity index (χ1v) is 13.4. The number of fused-ring (bicyclic) bond motifs is 5. The first-order valence-electron chi connectivity index (χ1n) is 10.9. The summed E-state index contributed by atoms with van der Waals surface area (Å²) in [6.07, 6.45) is 2.32. The van der Waals surface area contributed by atoms with Gasteiger partial charge in [0.25, 0.3) is 10.0 Å². The average molecular weight is 508 g/mol. The van der Waals surface area contributed by atoms with Gasteiger partial charge >= 0.3 is 11.9 Å². The van der Waals surface area contributed by atoms with Crippen LogP contribution in [0.5, 0.6) is 0 Å². The maximum absolute atomic E-state index is 13.2. The van der Waals surface area contributed by atoms with Crippen LogP contribution in [0.1, 0.15) is 18.4 Å². The van der Waals surface area contributed by atoms with Crippen LogP contribution in [0.4, 0.5) is 0 Å². The first-order chi connectivity index (χ1) is 16.1. The first kappa shape index (κ1) is 24.5. The highest BCUT2D eigenvalue weighted by Crippen LogP contribution is 2.59. The number of benzene rings is 1. The standard InChI is InChI=1S/C23H25NO8S2/c1-3-18(25)31-8-9-32-19(26)12-33-17-11-14-10-16(17)21-20(14)22(27)24(23(21)28)34(29,30)15-6-4-13(2)5-7-15/h3-7,14,16-17,20-21H,1,8-12H2,2H3/t14?,16?,17?,20?,21-/m1/s1. The third-order valence-electron chi connectivity index (χ3n) is 6.65. The van der Waals surface area contributed by atoms with Crippen molar-refractivity contribution < 1.29 is 37.1 Å². The van der Waals surface area contributed by atoms with E-state index in [-0.39, 0.29) is 40.9 Å². The summed E-state index contributed by atoms with van der Waals surface area (Å²) in [6, 6.07) is 6.04. The van der Waals surface area contributed by atoms with E-state index in [9.17, 15) is 27.6 Å². The van der Waals surface area contributed by atoms with Crippen LogP contribution in [0.2, 0.25) is 0 Å². The van der Waals surface area contributed by atoms with Crippen LogP contribution in [0, 0.1) is 30.6 Å². The summed E-state index contributed by atoms with van der Waals surface area (Å²) < 4.78 is 36.4. The highest BCUT2D eigenvalue weighted by atomic mass is 32.2. The largest absolute Gasteiger partial charge is 0.461 e. The number of hydrogen-bond acceptors (Lipinski definition) is 9. The van der Waals surface area contributed by atoms with Crippen LogP contribution >= 0.6 is 11.8 Å². The molecular formula is C23H25NO8S2. The second-order valence-corrected chi connectivity index (χ2v) is 11.7. The summed E-state index contributed by atoms with van der Waals surface area (Å²) in [6.45, 7) is 4.95. The van der Waals surface area contributed by atoms with Crippen LogP contribution in [-0.4, -0.2) is 60.7 Å². The molecule has 2 aliphatic carbocycles. The Balaban J connectivity index is 1.37. The second-order valence-electron chi connectivity index (χ2n) is 8.65. The molecule has 4 rings (SSSR count). The van der Waals surface area contributed by atoms with Gasteiger partial charge in [0.1, 0.15) is 13.2 Å². The Bertz CT molecular complexity index is 1130. The Kier molecular flexibility index (Phi) is 6.86. The SMILES string of the molecule is C=CC(=O)OCCOC(=O)CSC1CC2CC1[C@H]1C(=O)N(S(=O)(=O)c3ccc(C)cc3)C(=O)C21. The number of ether oxygens (including phenoxy) is 2. The summed E-state index contributed by atoms with van der Waals surface area (Å²) in [5.74, 6) is -3.90. The molecule has 2 saturated carbocycles. The second kappa shape index (κ2) is 9.53. The van der Waals surface area contributed by atoms with E-state index in [4.69, 9.17) is 9.47 Å². The highest BCUT2D eigenvalue weighted by molar-refractivity contribution is 8.00. The van der Waals surface area contributed by atoms with Crippen LogP contribution < -0.4 is 0 Å². The summed E-state index contributed by atoms with van der Waals surface area (Å²) >= 11 is 1.35. The molecule has 3 fully saturated rings. The van der Waals surface area contributed by atoms with E-state index in [1.807, 2.05) is 6.92 Å². The van der Waals surface area contributed by atoms with Crippen LogP contribution in [0.15, 0.2) is 41.8 Å². The molecule has 2 bridgehead atoms. The molecule has 2 amide bonds. The van der Waals surface area contributed by atoms with Gasteiger partial charge in [-0.25, -0.2) is 13.2 Å². The molecule has 1 aliphatic heterocycles. The Labute approximate surface area is 201 Å². The van der Waals surface area contributed by atoms with Crippen molar-refractivity contribution in [2.24, 2.45) is 23.7 Å². The van der Waals surface area contributed by atoms with E-state index < -0.39 is 45.6 Å². The fourth-order valence-corrected chi connectivity index (χ4v) is 7.94. The van der Waals surface area contributed by atoms with E-state index >= 15 is 0 Å². The quantitative estimate of drug-likeness (QED) is 0.213. The van der Waals surface area contributed by atoms with Crippen molar-refractivity contribution in [1.82, 2.24) is 4.31 Å². The molecule has 1 saturated heterocycles. The molecule has 5 atom stereocenters. The lowest BCUT2D eigenvalue weighted by molar-refractivity contribution is -0.147. The minimum Gasteiger partial charge on any atom is -0.461 e. The summed E-state index contributed by atoms with van der Waals surface area (Å²) in [4.78, 5) is 49.2. The lowest BCUT2D eigenvalue weighted by Crippen LogP contribution is -2.38. The van der Waals surface area contributed by atoms with Gasteiger partial charge in [-0.1, -0.05) is 24.3 Å². The van der Waals surface area contributed by atoms with E-state index in [1.165, 1.54) is 23.9 Å². The molecule has 1 aromatic carbocycles. The Morgan fingerprint density at radius 3 is 2.41 bits per heavy atom. The maximum atomic E-state index is 13.2. The molecule has 0 radical (unpaired) electrons. The number of carbonyl (C=O) groups is 4. The minimum absolute atomic E-state index is 0.0452. The molecule has 1 aromatic rings. The predicted molar refractivity (Wildman–Crippen MR) is 122 cm³/mol. The predicted octanol–water partition coefficient (Wildman–Crippen LogP) is 1.70. The van der Waals surface area contributed by atoms with Crippen molar-refractivity contribution in [2.45, 2.75) is 29.9 Å². The van der Waals surface area contributed by atoms with Crippen molar-refractivity contribution in [3.05, 3.63) is 42.5 Å². The van der Waals surface area contributed by atoms with Crippen molar-refractivity contribution in [3.63, 3.8) is 0 Å². The van der Waals surface area contributed by atoms with Crippen LogP contribution in [0.3, 0.4) is 0 Å². The minimum atomic E-state index is -4.27. The van der Waals surface area contributed by atoms with Crippen molar-refractivity contribution in [1.29, 1.82) is 0 Å². The molecule has 4 unspecified atom stereocenters. The molecule has 11 heteroatoms. The van der Waals surface area contributed by atoms with Gasteiger partial charge in [-0.2, -0.15) is 4.31 Å². The lowest BCUT2D eigenvalue weighted by atomic mass is 9.81. The topological polar surface area (TPSA) is 124 Å².